The third kappa shape index (κ3) is 5.05. The van der Waals surface area contributed by atoms with Gasteiger partial charge in [0.05, 0.1) is 16.6 Å². The summed E-state index contributed by atoms with van der Waals surface area (Å²) < 4.78 is 35.4. The quantitative estimate of drug-likeness (QED) is 0.429. The van der Waals surface area contributed by atoms with Gasteiger partial charge in [-0.05, 0) is 62.1 Å². The van der Waals surface area contributed by atoms with Crippen molar-refractivity contribution in [2.24, 2.45) is 0 Å². The molecule has 3 aromatic carbocycles. The van der Waals surface area contributed by atoms with E-state index in [1.165, 1.54) is 6.07 Å². The summed E-state index contributed by atoms with van der Waals surface area (Å²) in [5, 5.41) is 3.14. The number of sulfonamides is 1. The molecule has 1 aliphatic rings. The van der Waals surface area contributed by atoms with Gasteiger partial charge < -0.3 is 10.1 Å². The molecule has 0 spiro atoms. The van der Waals surface area contributed by atoms with Crippen molar-refractivity contribution in [3.05, 3.63) is 89.0 Å². The Morgan fingerprint density at radius 1 is 0.971 bits per heavy atom. The first kappa shape index (κ1) is 24.8. The first-order valence-electron chi connectivity index (χ1n) is 12.0. The molecule has 7 heteroatoms. The highest BCUT2D eigenvalue weighted by Crippen LogP contribution is 2.42. The predicted molar refractivity (Wildman–Crippen MR) is 138 cm³/mol. The van der Waals surface area contributed by atoms with Crippen LogP contribution >= 0.6 is 0 Å². The largest absolute Gasteiger partial charge is 0.487 e. The molecule has 35 heavy (non-hydrogen) atoms. The Hall–Kier alpha value is -3.32. The second-order valence-electron chi connectivity index (χ2n) is 9.16. The maximum Gasteiger partial charge on any atom is 0.262 e. The van der Waals surface area contributed by atoms with Gasteiger partial charge >= 0.3 is 0 Å². The molecule has 0 aliphatic carbocycles. The molecule has 1 unspecified atom stereocenters. The molecule has 2 N–H and O–H groups in total. The number of anilines is 1. The molecular formula is C28H32N2O4S. The molecule has 1 aliphatic heterocycles. The van der Waals surface area contributed by atoms with E-state index in [4.69, 9.17) is 4.74 Å². The van der Waals surface area contributed by atoms with Gasteiger partial charge in [0.25, 0.3) is 15.9 Å². The molecule has 0 aromatic heterocycles. The highest BCUT2D eigenvalue weighted by Gasteiger charge is 2.39. The summed E-state index contributed by atoms with van der Waals surface area (Å²) in [6.07, 6.45) is 2.29. The number of benzene rings is 3. The van der Waals surface area contributed by atoms with Crippen LogP contribution in [0.15, 0.2) is 71.6 Å². The van der Waals surface area contributed by atoms with Gasteiger partial charge in [-0.3, -0.25) is 9.52 Å². The van der Waals surface area contributed by atoms with Crippen molar-refractivity contribution >= 4 is 21.6 Å². The van der Waals surface area contributed by atoms with E-state index in [-0.39, 0.29) is 22.4 Å². The highest BCUT2D eigenvalue weighted by atomic mass is 32.2. The van der Waals surface area contributed by atoms with Gasteiger partial charge in [0.15, 0.2) is 0 Å². The summed E-state index contributed by atoms with van der Waals surface area (Å²) in [6, 6.07) is 19.5. The van der Waals surface area contributed by atoms with Crippen LogP contribution in [0.1, 0.15) is 66.2 Å². The molecule has 0 fully saturated rings. The summed E-state index contributed by atoms with van der Waals surface area (Å²) in [5.41, 5.74) is 2.76. The Labute approximate surface area is 207 Å². The number of hydrogen-bond acceptors (Lipinski definition) is 4. The van der Waals surface area contributed by atoms with Crippen molar-refractivity contribution in [3.63, 3.8) is 0 Å². The fourth-order valence-electron chi connectivity index (χ4n) is 4.59. The van der Waals surface area contributed by atoms with Gasteiger partial charge in [0.2, 0.25) is 0 Å². The third-order valence-electron chi connectivity index (χ3n) is 6.92. The predicted octanol–water partition coefficient (Wildman–Crippen LogP) is 5.92. The van der Waals surface area contributed by atoms with Crippen molar-refractivity contribution in [1.29, 1.82) is 0 Å². The number of rotatable bonds is 7. The zero-order valence-corrected chi connectivity index (χ0v) is 21.4. The van der Waals surface area contributed by atoms with Crippen molar-refractivity contribution in [1.82, 2.24) is 5.32 Å². The lowest BCUT2D eigenvalue weighted by molar-refractivity contribution is 0.0227. The minimum atomic E-state index is -3.88. The van der Waals surface area contributed by atoms with Crippen molar-refractivity contribution in [2.45, 2.75) is 63.5 Å². The lowest BCUT2D eigenvalue weighted by atomic mass is 9.83. The topological polar surface area (TPSA) is 84.5 Å². The van der Waals surface area contributed by atoms with Gasteiger partial charge in [0.1, 0.15) is 11.4 Å². The number of ether oxygens (including phenoxy) is 1. The summed E-state index contributed by atoms with van der Waals surface area (Å²) >= 11 is 0. The highest BCUT2D eigenvalue weighted by molar-refractivity contribution is 7.92. The smallest absolute Gasteiger partial charge is 0.262 e. The Bertz CT molecular complexity index is 1350. The molecule has 184 valence electrons. The van der Waals surface area contributed by atoms with Crippen molar-refractivity contribution < 1.29 is 17.9 Å². The number of carbonyl (C=O) groups excluding carboxylic acids is 1. The molecule has 6 nitrogen and oxygen atoms in total. The average Bonchev–Trinajstić information content (AvgIpc) is 2.85. The minimum Gasteiger partial charge on any atom is -0.487 e. The van der Waals surface area contributed by atoms with Crippen molar-refractivity contribution in [3.8, 4) is 5.75 Å². The molecule has 1 heterocycles. The van der Waals surface area contributed by atoms with Crippen LogP contribution in [-0.2, 0) is 10.0 Å². The van der Waals surface area contributed by atoms with E-state index in [1.54, 1.807) is 31.2 Å². The second-order valence-corrected chi connectivity index (χ2v) is 10.8. The summed E-state index contributed by atoms with van der Waals surface area (Å²) in [7, 11) is -3.88. The zero-order chi connectivity index (χ0) is 25.2. The van der Waals surface area contributed by atoms with Crippen LogP contribution in [0.2, 0.25) is 0 Å². The van der Waals surface area contributed by atoms with Gasteiger partial charge in [-0.15, -0.1) is 0 Å². The first-order valence-corrected chi connectivity index (χ1v) is 13.4. The molecule has 1 amide bonds. The molecule has 0 bridgehead atoms. The lowest BCUT2D eigenvalue weighted by Crippen LogP contribution is -2.44. The fourth-order valence-corrected chi connectivity index (χ4v) is 5.99. The Kier molecular flexibility index (Phi) is 6.90. The third-order valence-corrected chi connectivity index (χ3v) is 8.43. The molecule has 0 saturated carbocycles. The number of carbonyl (C=O) groups is 1. The van der Waals surface area contributed by atoms with Crippen LogP contribution < -0.4 is 14.8 Å². The van der Waals surface area contributed by atoms with Crippen LogP contribution in [0.4, 0.5) is 5.69 Å². The SMILES string of the molecule is CCC1(CC)CC(NC(=O)c2ccc(C)c(S(=O)(=O)Nc3ccccc3C)c2)c2ccccc2O1. The van der Waals surface area contributed by atoms with Crippen LogP contribution in [-0.4, -0.2) is 19.9 Å². The Morgan fingerprint density at radius 2 is 1.66 bits per heavy atom. The molecule has 1 atom stereocenters. The van der Waals surface area contributed by atoms with E-state index in [0.29, 0.717) is 23.2 Å². The van der Waals surface area contributed by atoms with Crippen LogP contribution in [0.5, 0.6) is 5.75 Å². The van der Waals surface area contributed by atoms with Gasteiger partial charge in [-0.25, -0.2) is 8.42 Å². The van der Waals surface area contributed by atoms with E-state index in [0.717, 1.165) is 29.7 Å². The monoisotopic (exact) mass is 492 g/mol. The number of nitrogens with one attached hydrogen (secondary N) is 2. The van der Waals surface area contributed by atoms with Gasteiger partial charge in [-0.2, -0.15) is 0 Å². The molecule has 3 aromatic rings. The maximum absolute atomic E-state index is 13.3. The average molecular weight is 493 g/mol. The van der Waals surface area contributed by atoms with E-state index in [2.05, 4.69) is 23.9 Å². The second kappa shape index (κ2) is 9.74. The summed E-state index contributed by atoms with van der Waals surface area (Å²) in [6.45, 7) is 7.75. The number of amides is 1. The zero-order valence-electron chi connectivity index (χ0n) is 20.6. The number of fused-ring (bicyclic) bond motifs is 1. The van der Waals surface area contributed by atoms with E-state index in [1.807, 2.05) is 43.3 Å². The molecule has 4 rings (SSSR count). The molecule has 0 radical (unpaired) electrons. The Morgan fingerprint density at radius 3 is 2.37 bits per heavy atom. The van der Waals surface area contributed by atoms with Gasteiger partial charge in [-0.1, -0.05) is 56.3 Å². The van der Waals surface area contributed by atoms with E-state index >= 15 is 0 Å². The normalized spacial score (nSPS) is 16.6. The van der Waals surface area contributed by atoms with Crippen LogP contribution in [0.25, 0.3) is 0 Å². The summed E-state index contributed by atoms with van der Waals surface area (Å²) in [5.74, 6) is 0.461. The van der Waals surface area contributed by atoms with E-state index < -0.39 is 10.0 Å². The lowest BCUT2D eigenvalue weighted by Gasteiger charge is -2.41. The van der Waals surface area contributed by atoms with Crippen molar-refractivity contribution in [2.75, 3.05) is 4.72 Å². The van der Waals surface area contributed by atoms with Gasteiger partial charge in [0, 0.05) is 17.5 Å². The standard InChI is InChI=1S/C28H32N2O4S/c1-5-28(6-2)18-24(22-12-8-10-14-25(22)34-28)29-27(31)21-16-15-20(4)26(17-21)35(32,33)30-23-13-9-7-11-19(23)3/h7-17,24,30H,5-6,18H2,1-4H3,(H,29,31). The summed E-state index contributed by atoms with van der Waals surface area (Å²) in [4.78, 5) is 13.4. The fraction of sp³-hybridized carbons (Fsp3) is 0.321. The van der Waals surface area contributed by atoms with Crippen LogP contribution in [0.3, 0.4) is 0 Å². The molecular weight excluding hydrogens is 460 g/mol. The number of aryl methyl sites for hydroxylation is 2. The number of para-hydroxylation sites is 2. The first-order chi connectivity index (χ1) is 16.7. The van der Waals surface area contributed by atoms with Crippen LogP contribution in [0, 0.1) is 13.8 Å². The maximum atomic E-state index is 13.3. The minimum absolute atomic E-state index is 0.0808. The molecule has 0 saturated heterocycles. The Balaban J connectivity index is 1.63. The van der Waals surface area contributed by atoms with E-state index in [9.17, 15) is 13.2 Å². The number of hydrogen-bond donors (Lipinski definition) is 2.